The molecule has 0 spiro atoms. The van der Waals surface area contributed by atoms with Crippen LogP contribution in [0.1, 0.15) is 31.2 Å². The van der Waals surface area contributed by atoms with Gasteiger partial charge in [0.25, 0.3) is 0 Å². The molecule has 2 rings (SSSR count). The molecule has 1 aromatic heterocycles. The van der Waals surface area contributed by atoms with E-state index in [1.165, 1.54) is 36.1 Å². The van der Waals surface area contributed by atoms with Gasteiger partial charge in [-0.25, -0.2) is 0 Å². The van der Waals surface area contributed by atoms with Gasteiger partial charge in [0.05, 0.1) is 15.9 Å². The van der Waals surface area contributed by atoms with E-state index in [-0.39, 0.29) is 0 Å². The zero-order chi connectivity index (χ0) is 13.1. The summed E-state index contributed by atoms with van der Waals surface area (Å²) in [4.78, 5) is 2.55. The molecular weight excluding hydrogens is 358 g/mol. The summed E-state index contributed by atoms with van der Waals surface area (Å²) in [5.74, 6) is 0.863. The molecule has 0 aliphatic carbocycles. The van der Waals surface area contributed by atoms with Gasteiger partial charge in [0.15, 0.2) is 0 Å². The van der Waals surface area contributed by atoms with E-state index in [1.807, 2.05) is 0 Å². The van der Waals surface area contributed by atoms with Gasteiger partial charge in [0.2, 0.25) is 0 Å². The van der Waals surface area contributed by atoms with E-state index < -0.39 is 0 Å². The average molecular weight is 379 g/mol. The lowest BCUT2D eigenvalue weighted by molar-refractivity contribution is 0.183. The Bertz CT molecular complexity index is 395. The van der Waals surface area contributed by atoms with Crippen molar-refractivity contribution < 1.29 is 0 Å². The second-order valence-electron chi connectivity index (χ2n) is 5.04. The Kier molecular flexibility index (Phi) is 5.27. The Hall–Kier alpha value is 0.130. The SMILES string of the molecule is CCn1nc(C)c(Br)c1CN1CCC(CBr)CC1. The van der Waals surface area contributed by atoms with Gasteiger partial charge in [0, 0.05) is 18.4 Å². The lowest BCUT2D eigenvalue weighted by Crippen LogP contribution is -2.34. The van der Waals surface area contributed by atoms with Crippen LogP contribution in [0.15, 0.2) is 4.47 Å². The molecule has 5 heteroatoms. The number of rotatable bonds is 4. The van der Waals surface area contributed by atoms with Gasteiger partial charge in [-0.05, 0) is 61.6 Å². The highest BCUT2D eigenvalue weighted by Gasteiger charge is 2.21. The van der Waals surface area contributed by atoms with E-state index in [4.69, 9.17) is 0 Å². The van der Waals surface area contributed by atoms with Crippen molar-refractivity contribution in [2.45, 2.75) is 39.8 Å². The van der Waals surface area contributed by atoms with Gasteiger partial charge < -0.3 is 0 Å². The first kappa shape index (κ1) is 14.5. The Balaban J connectivity index is 2.02. The number of nitrogens with zero attached hydrogens (tertiary/aromatic N) is 3. The first-order valence-corrected chi connectivity index (χ1v) is 8.57. The van der Waals surface area contributed by atoms with Crippen LogP contribution in [0.2, 0.25) is 0 Å². The van der Waals surface area contributed by atoms with Crippen LogP contribution in [0, 0.1) is 12.8 Å². The maximum absolute atomic E-state index is 4.56. The zero-order valence-electron chi connectivity index (χ0n) is 11.1. The maximum Gasteiger partial charge on any atom is 0.0739 e. The maximum atomic E-state index is 4.56. The fourth-order valence-electron chi connectivity index (χ4n) is 2.53. The molecule has 0 saturated carbocycles. The van der Waals surface area contributed by atoms with Crippen LogP contribution in [-0.4, -0.2) is 33.1 Å². The van der Waals surface area contributed by atoms with Gasteiger partial charge in [-0.1, -0.05) is 15.9 Å². The molecule has 0 radical (unpaired) electrons. The Morgan fingerprint density at radius 2 is 2.00 bits per heavy atom. The highest BCUT2D eigenvalue weighted by atomic mass is 79.9. The summed E-state index contributed by atoms with van der Waals surface area (Å²) in [5, 5.41) is 5.71. The van der Waals surface area contributed by atoms with Gasteiger partial charge >= 0.3 is 0 Å². The Morgan fingerprint density at radius 1 is 1.33 bits per heavy atom. The Morgan fingerprint density at radius 3 is 2.56 bits per heavy atom. The van der Waals surface area contributed by atoms with E-state index >= 15 is 0 Å². The van der Waals surface area contributed by atoms with Crippen molar-refractivity contribution in [3.8, 4) is 0 Å². The second-order valence-corrected chi connectivity index (χ2v) is 6.48. The topological polar surface area (TPSA) is 21.1 Å². The first-order chi connectivity index (χ1) is 8.65. The van der Waals surface area contributed by atoms with E-state index in [0.29, 0.717) is 0 Å². The molecule has 0 aromatic carbocycles. The number of likely N-dealkylation sites (tertiary alicyclic amines) is 1. The predicted octanol–water partition coefficient (Wildman–Crippen LogP) is 3.58. The fraction of sp³-hybridized carbons (Fsp3) is 0.769. The molecule has 1 aliphatic rings. The molecule has 0 N–H and O–H groups in total. The third kappa shape index (κ3) is 3.17. The lowest BCUT2D eigenvalue weighted by Gasteiger charge is -2.31. The van der Waals surface area contributed by atoms with Crippen LogP contribution in [-0.2, 0) is 13.1 Å². The number of aromatic nitrogens is 2. The summed E-state index contributed by atoms with van der Waals surface area (Å²) in [6.45, 7) is 8.59. The zero-order valence-corrected chi connectivity index (χ0v) is 14.3. The van der Waals surface area contributed by atoms with Gasteiger partial charge in [-0.2, -0.15) is 5.10 Å². The number of piperidine rings is 1. The van der Waals surface area contributed by atoms with Crippen molar-refractivity contribution in [1.29, 1.82) is 0 Å². The van der Waals surface area contributed by atoms with Crippen molar-refractivity contribution in [1.82, 2.24) is 14.7 Å². The summed E-state index contributed by atoms with van der Waals surface area (Å²) in [6.07, 6.45) is 2.62. The molecule has 1 aromatic rings. The van der Waals surface area contributed by atoms with Crippen LogP contribution in [0.25, 0.3) is 0 Å². The molecule has 102 valence electrons. The molecule has 0 atom stereocenters. The lowest BCUT2D eigenvalue weighted by atomic mass is 9.99. The fourth-order valence-corrected chi connectivity index (χ4v) is 3.59. The monoisotopic (exact) mass is 377 g/mol. The molecular formula is C13H21Br2N3. The van der Waals surface area contributed by atoms with Crippen LogP contribution in [0.3, 0.4) is 0 Å². The van der Waals surface area contributed by atoms with Crippen LogP contribution in [0.5, 0.6) is 0 Å². The van der Waals surface area contributed by atoms with E-state index in [1.54, 1.807) is 0 Å². The van der Waals surface area contributed by atoms with Crippen LogP contribution in [0.4, 0.5) is 0 Å². The minimum absolute atomic E-state index is 0.863. The predicted molar refractivity (Wildman–Crippen MR) is 82.1 cm³/mol. The molecule has 2 heterocycles. The molecule has 18 heavy (non-hydrogen) atoms. The average Bonchev–Trinajstić information content (AvgIpc) is 2.67. The number of aryl methyl sites for hydroxylation is 2. The van der Waals surface area contributed by atoms with Crippen molar-refractivity contribution >= 4 is 31.9 Å². The number of hydrogen-bond donors (Lipinski definition) is 0. The first-order valence-electron chi connectivity index (χ1n) is 6.65. The van der Waals surface area contributed by atoms with Crippen molar-refractivity contribution in [3.05, 3.63) is 15.9 Å². The van der Waals surface area contributed by atoms with Gasteiger partial charge in [0.1, 0.15) is 0 Å². The number of alkyl halides is 1. The van der Waals surface area contributed by atoms with Crippen molar-refractivity contribution in [2.75, 3.05) is 18.4 Å². The summed E-state index contributed by atoms with van der Waals surface area (Å²) in [5.41, 5.74) is 2.43. The van der Waals surface area contributed by atoms with Crippen molar-refractivity contribution in [3.63, 3.8) is 0 Å². The summed E-state index contributed by atoms with van der Waals surface area (Å²) in [7, 11) is 0. The third-order valence-corrected chi connectivity index (χ3v) is 5.70. The summed E-state index contributed by atoms with van der Waals surface area (Å²) >= 11 is 7.27. The van der Waals surface area contributed by atoms with Gasteiger partial charge in [-0.15, -0.1) is 0 Å². The Labute approximate surface area is 126 Å². The molecule has 1 fully saturated rings. The molecule has 1 aliphatic heterocycles. The second kappa shape index (κ2) is 6.53. The van der Waals surface area contributed by atoms with E-state index in [2.05, 4.69) is 60.4 Å². The summed E-state index contributed by atoms with van der Waals surface area (Å²) < 4.78 is 3.31. The minimum atomic E-state index is 0.863. The van der Waals surface area contributed by atoms with Crippen LogP contribution < -0.4 is 0 Å². The minimum Gasteiger partial charge on any atom is -0.297 e. The van der Waals surface area contributed by atoms with E-state index in [9.17, 15) is 0 Å². The smallest absolute Gasteiger partial charge is 0.0739 e. The normalized spacial score (nSPS) is 18.4. The highest BCUT2D eigenvalue weighted by molar-refractivity contribution is 9.10. The standard InChI is InChI=1S/C13H21Br2N3/c1-3-18-12(13(15)10(2)16-18)9-17-6-4-11(8-14)5-7-17/h11H,3-9H2,1-2H3. The number of hydrogen-bond acceptors (Lipinski definition) is 2. The van der Waals surface area contributed by atoms with Gasteiger partial charge in [-0.3, -0.25) is 9.58 Å². The van der Waals surface area contributed by atoms with Crippen molar-refractivity contribution in [2.24, 2.45) is 5.92 Å². The third-order valence-electron chi connectivity index (χ3n) is 3.75. The molecule has 3 nitrogen and oxygen atoms in total. The molecule has 0 bridgehead atoms. The quantitative estimate of drug-likeness (QED) is 0.746. The molecule has 0 unspecified atom stereocenters. The van der Waals surface area contributed by atoms with Crippen LogP contribution >= 0.6 is 31.9 Å². The largest absolute Gasteiger partial charge is 0.297 e. The molecule has 0 amide bonds. The highest BCUT2D eigenvalue weighted by Crippen LogP contribution is 2.25. The van der Waals surface area contributed by atoms with E-state index in [0.717, 1.165) is 30.0 Å². The molecule has 1 saturated heterocycles. The summed E-state index contributed by atoms with van der Waals surface area (Å²) in [6, 6.07) is 0. The number of halogens is 2.